The van der Waals surface area contributed by atoms with Gasteiger partial charge in [-0.25, -0.2) is 15.1 Å². The maximum absolute atomic E-state index is 13.6. The Morgan fingerprint density at radius 2 is 1.88 bits per heavy atom. The molecule has 3 saturated carbocycles. The first kappa shape index (κ1) is 31.8. The van der Waals surface area contributed by atoms with Crippen molar-refractivity contribution in [2.45, 2.75) is 104 Å². The molecule has 1 heterocycles. The molecule has 2 amide bonds. The number of hydrogen-bond acceptors (Lipinski definition) is 8. The number of aliphatic imine (C=N–C) groups is 1. The van der Waals surface area contributed by atoms with E-state index in [1.807, 2.05) is 0 Å². The number of hydrazine groups is 1. The van der Waals surface area contributed by atoms with Crippen LogP contribution < -0.4 is 22.2 Å². The molecule has 0 radical (unpaired) electrons. The molecular formula is C26H45BN6O7. The van der Waals surface area contributed by atoms with E-state index in [1.54, 1.807) is 5.43 Å². The standard InChI is InChI=1S/C26H45BN6O7/c1-15(2)11-21(27-39-20-14-17-13-19(25(17,3)4)26(20,5)40-27)31-23(36)16(12-18(34)8-9-22(28)35)7-6-10-30-24(29)32-33(37)38/h15-17,19-21H,6-14H2,1-5H3,(H2,28,35)(H,31,36)(H3,29,30,32)/t16-,17+,19+,20-,21+,26+/m1/s1. The molecule has 1 saturated heterocycles. The summed E-state index contributed by atoms with van der Waals surface area (Å²) in [6.45, 7) is 11.0. The average Bonchev–Trinajstić information content (AvgIpc) is 3.20. The molecule has 14 heteroatoms. The molecule has 0 unspecified atom stereocenters. The van der Waals surface area contributed by atoms with Crippen molar-refractivity contribution in [3.63, 3.8) is 0 Å². The number of Topliss-reactive ketones (excluding diaryl/α,β-unsaturated/α-hetero) is 1. The van der Waals surface area contributed by atoms with Crippen molar-refractivity contribution in [3.05, 3.63) is 10.1 Å². The third-order valence-electron chi connectivity index (χ3n) is 9.04. The average molecular weight is 564 g/mol. The Kier molecular flexibility index (Phi) is 10.2. The van der Waals surface area contributed by atoms with Crippen LogP contribution in [0.4, 0.5) is 0 Å². The maximum atomic E-state index is 13.6. The molecule has 0 aromatic heterocycles. The molecule has 0 aromatic carbocycles. The Morgan fingerprint density at radius 1 is 1.18 bits per heavy atom. The predicted octanol–water partition coefficient (Wildman–Crippen LogP) is 1.50. The van der Waals surface area contributed by atoms with E-state index in [-0.39, 0.29) is 60.9 Å². The smallest absolute Gasteiger partial charge is 0.404 e. The van der Waals surface area contributed by atoms with Gasteiger partial charge in [0.25, 0.3) is 5.96 Å². The molecular weight excluding hydrogens is 519 g/mol. The summed E-state index contributed by atoms with van der Waals surface area (Å²) in [4.78, 5) is 51.7. The minimum Gasteiger partial charge on any atom is -0.404 e. The molecule has 13 nitrogen and oxygen atoms in total. The zero-order valence-electron chi connectivity index (χ0n) is 24.3. The maximum Gasteiger partial charge on any atom is 0.481 e. The number of rotatable bonds is 15. The first-order valence-electron chi connectivity index (χ1n) is 14.3. The van der Waals surface area contributed by atoms with Crippen LogP contribution in [0.1, 0.15) is 86.0 Å². The quantitative estimate of drug-likeness (QED) is 0.0568. The van der Waals surface area contributed by atoms with Crippen LogP contribution in [-0.4, -0.2) is 59.9 Å². The highest BCUT2D eigenvalue weighted by molar-refractivity contribution is 6.47. The van der Waals surface area contributed by atoms with E-state index >= 15 is 0 Å². The number of primary amides is 1. The van der Waals surface area contributed by atoms with Crippen molar-refractivity contribution in [2.75, 3.05) is 6.54 Å². The monoisotopic (exact) mass is 564 g/mol. The number of ketones is 1. The number of nitro groups is 1. The van der Waals surface area contributed by atoms with Crippen LogP contribution in [0.15, 0.2) is 4.99 Å². The van der Waals surface area contributed by atoms with Crippen LogP contribution >= 0.6 is 0 Å². The topological polar surface area (TPSA) is 201 Å². The summed E-state index contributed by atoms with van der Waals surface area (Å²) in [6, 6.07) is 0. The molecule has 2 bridgehead atoms. The van der Waals surface area contributed by atoms with Crippen molar-refractivity contribution >= 4 is 30.7 Å². The van der Waals surface area contributed by atoms with E-state index in [0.29, 0.717) is 31.1 Å². The zero-order chi connectivity index (χ0) is 29.8. The summed E-state index contributed by atoms with van der Waals surface area (Å²) in [5.74, 6) is -1.34. The summed E-state index contributed by atoms with van der Waals surface area (Å²) in [5.41, 5.74) is 12.2. The molecule has 0 spiro atoms. The van der Waals surface area contributed by atoms with Crippen molar-refractivity contribution < 1.29 is 28.7 Å². The molecule has 0 aromatic rings. The van der Waals surface area contributed by atoms with Gasteiger partial charge in [-0.2, -0.15) is 0 Å². The highest BCUT2D eigenvalue weighted by Gasteiger charge is 2.68. The van der Waals surface area contributed by atoms with Crippen LogP contribution in [0, 0.1) is 39.2 Å². The van der Waals surface area contributed by atoms with Crippen molar-refractivity contribution in [1.29, 1.82) is 0 Å². The van der Waals surface area contributed by atoms with Crippen LogP contribution in [0.5, 0.6) is 0 Å². The fraction of sp³-hybridized carbons (Fsp3) is 0.846. The highest BCUT2D eigenvalue weighted by atomic mass is 16.7. The third-order valence-corrected chi connectivity index (χ3v) is 9.04. The summed E-state index contributed by atoms with van der Waals surface area (Å²) in [5, 5.41) is 12.8. The van der Waals surface area contributed by atoms with E-state index in [9.17, 15) is 24.5 Å². The number of nitrogens with one attached hydrogen (secondary N) is 2. The van der Waals surface area contributed by atoms with Gasteiger partial charge in [-0.3, -0.25) is 14.4 Å². The predicted molar refractivity (Wildman–Crippen MR) is 149 cm³/mol. The number of guanidine groups is 1. The second-order valence-electron chi connectivity index (χ2n) is 12.8. The van der Waals surface area contributed by atoms with Gasteiger partial charge in [0.15, 0.2) is 5.03 Å². The Morgan fingerprint density at radius 3 is 2.48 bits per heavy atom. The first-order chi connectivity index (χ1) is 18.6. The second kappa shape index (κ2) is 12.8. The number of hydrogen-bond donors (Lipinski definition) is 4. The SMILES string of the molecule is CC(C)C[C@H](NC(=O)[C@H](CCCN=C(N)N[N+](=O)[O-])CC(=O)CCC(N)=O)B1O[C@@H]2C[C@@H]3C[C@@H](C3(C)C)[C@]2(C)O1. The largest absolute Gasteiger partial charge is 0.481 e. The molecule has 4 aliphatic rings. The number of nitrogens with zero attached hydrogens (tertiary/aromatic N) is 2. The Hall–Kier alpha value is -2.74. The molecule has 3 aliphatic carbocycles. The van der Waals surface area contributed by atoms with E-state index < -0.39 is 35.5 Å². The summed E-state index contributed by atoms with van der Waals surface area (Å²) >= 11 is 0. The summed E-state index contributed by atoms with van der Waals surface area (Å²) in [7, 11) is -0.597. The van der Waals surface area contributed by atoms with Crippen molar-refractivity contribution in [2.24, 2.45) is 45.5 Å². The molecule has 224 valence electrons. The molecule has 4 rings (SSSR count). The second-order valence-corrected chi connectivity index (χ2v) is 12.8. The lowest BCUT2D eigenvalue weighted by Crippen LogP contribution is -2.65. The van der Waals surface area contributed by atoms with E-state index in [1.165, 1.54) is 0 Å². The minimum absolute atomic E-state index is 0.0249. The third kappa shape index (κ3) is 7.51. The van der Waals surface area contributed by atoms with Gasteiger partial charge in [0.2, 0.25) is 11.8 Å². The van der Waals surface area contributed by atoms with E-state index in [2.05, 4.69) is 44.9 Å². The molecule has 1 aliphatic heterocycles. The van der Waals surface area contributed by atoms with Gasteiger partial charge >= 0.3 is 7.12 Å². The van der Waals surface area contributed by atoms with Gasteiger partial charge in [0.1, 0.15) is 5.78 Å². The number of nitrogens with two attached hydrogens (primary N) is 2. The van der Waals surface area contributed by atoms with Crippen molar-refractivity contribution in [1.82, 2.24) is 10.7 Å². The van der Waals surface area contributed by atoms with Gasteiger partial charge in [0.05, 0.1) is 17.6 Å². The Bertz CT molecular complexity index is 1010. The molecule has 6 N–H and O–H groups in total. The van der Waals surface area contributed by atoms with Gasteiger partial charge in [-0.05, 0) is 62.2 Å². The fourth-order valence-corrected chi connectivity index (χ4v) is 6.75. The van der Waals surface area contributed by atoms with E-state index in [4.69, 9.17) is 20.8 Å². The summed E-state index contributed by atoms with van der Waals surface area (Å²) < 4.78 is 13.1. The number of amides is 2. The Balaban J connectivity index is 1.69. The van der Waals surface area contributed by atoms with Gasteiger partial charge in [-0.1, -0.05) is 33.1 Å². The zero-order valence-corrected chi connectivity index (χ0v) is 24.3. The van der Waals surface area contributed by atoms with Crippen LogP contribution in [0.3, 0.4) is 0 Å². The Labute approximate surface area is 236 Å². The number of carbonyl (C=O) groups excluding carboxylic acids is 3. The lowest BCUT2D eigenvalue weighted by atomic mass is 9.43. The first-order valence-corrected chi connectivity index (χ1v) is 14.3. The fourth-order valence-electron chi connectivity index (χ4n) is 6.75. The number of carbonyl (C=O) groups is 3. The van der Waals surface area contributed by atoms with E-state index in [0.717, 1.165) is 12.8 Å². The van der Waals surface area contributed by atoms with Gasteiger partial charge in [0, 0.05) is 31.7 Å². The highest BCUT2D eigenvalue weighted by Crippen LogP contribution is 2.65. The van der Waals surface area contributed by atoms with Gasteiger partial charge < -0.3 is 26.1 Å². The van der Waals surface area contributed by atoms with Crippen molar-refractivity contribution in [3.8, 4) is 0 Å². The van der Waals surface area contributed by atoms with Crippen LogP contribution in [0.2, 0.25) is 0 Å². The summed E-state index contributed by atoms with van der Waals surface area (Å²) in [6.07, 6.45) is 3.13. The normalized spacial score (nSPS) is 28.3. The van der Waals surface area contributed by atoms with Crippen LogP contribution in [-0.2, 0) is 23.7 Å². The van der Waals surface area contributed by atoms with Crippen LogP contribution in [0.25, 0.3) is 0 Å². The lowest BCUT2D eigenvalue weighted by molar-refractivity contribution is -0.525. The molecule has 4 fully saturated rings. The van der Waals surface area contributed by atoms with Gasteiger partial charge in [-0.15, -0.1) is 0 Å². The lowest BCUT2D eigenvalue weighted by Gasteiger charge is -2.64. The molecule has 40 heavy (non-hydrogen) atoms. The minimum atomic E-state index is -0.810. The molecule has 6 atom stereocenters.